The van der Waals surface area contributed by atoms with Crippen LogP contribution in [0.3, 0.4) is 0 Å². The standard InChI is InChI=1S/C13H22F3N5/c1-3-5-10(8-17-4-2)20-6-7-21-11(9-20)18-19-12(21)13(14,15)16/h10,17H,3-9H2,1-2H3. The minimum Gasteiger partial charge on any atom is -0.315 e. The van der Waals surface area contributed by atoms with E-state index >= 15 is 0 Å². The summed E-state index contributed by atoms with van der Waals surface area (Å²) < 4.78 is 39.6. The minimum absolute atomic E-state index is 0.295. The molecule has 1 aliphatic heterocycles. The van der Waals surface area contributed by atoms with Gasteiger partial charge in [-0.1, -0.05) is 20.3 Å². The number of fused-ring (bicyclic) bond motifs is 1. The van der Waals surface area contributed by atoms with Crippen LogP contribution < -0.4 is 5.32 Å². The number of aromatic nitrogens is 3. The molecule has 8 heteroatoms. The van der Waals surface area contributed by atoms with E-state index in [0.29, 0.717) is 31.5 Å². The van der Waals surface area contributed by atoms with E-state index in [1.165, 1.54) is 4.57 Å². The van der Waals surface area contributed by atoms with E-state index < -0.39 is 12.0 Å². The monoisotopic (exact) mass is 305 g/mol. The highest BCUT2D eigenvalue weighted by Crippen LogP contribution is 2.29. The van der Waals surface area contributed by atoms with E-state index in [4.69, 9.17) is 0 Å². The average Bonchev–Trinajstić information content (AvgIpc) is 2.86. The van der Waals surface area contributed by atoms with Crippen molar-refractivity contribution < 1.29 is 13.2 Å². The topological polar surface area (TPSA) is 46.0 Å². The Morgan fingerprint density at radius 2 is 2.00 bits per heavy atom. The molecule has 0 bridgehead atoms. The number of hydrogen-bond acceptors (Lipinski definition) is 4. The lowest BCUT2D eigenvalue weighted by molar-refractivity contribution is -0.148. The molecule has 21 heavy (non-hydrogen) atoms. The molecule has 0 saturated carbocycles. The lowest BCUT2D eigenvalue weighted by Gasteiger charge is -2.35. The molecular formula is C13H22F3N5. The van der Waals surface area contributed by atoms with E-state index in [0.717, 1.165) is 25.9 Å². The first-order valence-electron chi connectivity index (χ1n) is 7.41. The zero-order valence-corrected chi connectivity index (χ0v) is 12.4. The maximum absolute atomic E-state index is 12.8. The minimum atomic E-state index is -4.43. The van der Waals surface area contributed by atoms with Gasteiger partial charge in [-0.15, -0.1) is 10.2 Å². The van der Waals surface area contributed by atoms with E-state index in [1.807, 2.05) is 6.92 Å². The van der Waals surface area contributed by atoms with Crippen molar-refractivity contribution in [3.63, 3.8) is 0 Å². The summed E-state index contributed by atoms with van der Waals surface area (Å²) in [5.41, 5.74) is 0. The molecule has 0 spiro atoms. The predicted molar refractivity (Wildman–Crippen MR) is 72.7 cm³/mol. The number of hydrogen-bond donors (Lipinski definition) is 1. The first-order valence-corrected chi connectivity index (χ1v) is 7.41. The number of halogens is 3. The lowest BCUT2D eigenvalue weighted by Crippen LogP contribution is -2.46. The Morgan fingerprint density at radius 3 is 2.62 bits per heavy atom. The van der Waals surface area contributed by atoms with Gasteiger partial charge in [-0.25, -0.2) is 0 Å². The number of nitrogens with zero attached hydrogens (tertiary/aromatic N) is 4. The second-order valence-electron chi connectivity index (χ2n) is 5.31. The fraction of sp³-hybridized carbons (Fsp3) is 0.846. The Morgan fingerprint density at radius 1 is 1.24 bits per heavy atom. The van der Waals surface area contributed by atoms with E-state index in [2.05, 4.69) is 27.3 Å². The molecule has 2 heterocycles. The molecular weight excluding hydrogens is 283 g/mol. The molecule has 0 aromatic carbocycles. The molecule has 1 unspecified atom stereocenters. The van der Waals surface area contributed by atoms with Gasteiger partial charge >= 0.3 is 6.18 Å². The summed E-state index contributed by atoms with van der Waals surface area (Å²) >= 11 is 0. The third-order valence-corrected chi connectivity index (χ3v) is 3.80. The molecule has 1 atom stereocenters. The summed E-state index contributed by atoms with van der Waals surface area (Å²) in [6, 6.07) is 0.328. The quantitative estimate of drug-likeness (QED) is 0.872. The largest absolute Gasteiger partial charge is 0.451 e. The Kier molecular flexibility index (Phi) is 5.21. The summed E-state index contributed by atoms with van der Waals surface area (Å²) in [5, 5.41) is 10.4. The summed E-state index contributed by atoms with van der Waals surface area (Å²) in [7, 11) is 0. The summed E-state index contributed by atoms with van der Waals surface area (Å²) in [6.45, 7) is 7.23. The fourth-order valence-electron chi connectivity index (χ4n) is 2.76. The normalized spacial score (nSPS) is 17.8. The van der Waals surface area contributed by atoms with Gasteiger partial charge in [-0.2, -0.15) is 13.2 Å². The highest BCUT2D eigenvalue weighted by molar-refractivity contribution is 5.02. The van der Waals surface area contributed by atoms with Crippen molar-refractivity contribution in [3.8, 4) is 0 Å². The maximum atomic E-state index is 12.8. The predicted octanol–water partition coefficient (Wildman–Crippen LogP) is 1.89. The van der Waals surface area contributed by atoms with Gasteiger partial charge in [0.15, 0.2) is 0 Å². The van der Waals surface area contributed by atoms with Crippen molar-refractivity contribution >= 4 is 0 Å². The van der Waals surface area contributed by atoms with Crippen molar-refractivity contribution in [2.45, 2.75) is 52.0 Å². The summed E-state index contributed by atoms with van der Waals surface area (Å²) in [5.74, 6) is -0.470. The first-order chi connectivity index (χ1) is 9.97. The summed E-state index contributed by atoms with van der Waals surface area (Å²) in [4.78, 5) is 2.20. The molecule has 2 rings (SSSR count). The van der Waals surface area contributed by atoms with Gasteiger partial charge in [-0.3, -0.25) is 4.90 Å². The van der Waals surface area contributed by atoms with Gasteiger partial charge < -0.3 is 9.88 Å². The number of likely N-dealkylation sites (N-methyl/N-ethyl adjacent to an activating group) is 1. The zero-order valence-electron chi connectivity index (χ0n) is 12.4. The van der Waals surface area contributed by atoms with Crippen LogP contribution in [0.5, 0.6) is 0 Å². The lowest BCUT2D eigenvalue weighted by atomic mass is 10.1. The van der Waals surface area contributed by atoms with Crippen LogP contribution in [0.15, 0.2) is 0 Å². The van der Waals surface area contributed by atoms with Crippen LogP contribution in [0.1, 0.15) is 38.3 Å². The SMILES string of the molecule is CCCC(CNCC)N1CCn2c(nnc2C(F)(F)F)C1. The highest BCUT2D eigenvalue weighted by Gasteiger charge is 2.39. The number of rotatable bonds is 6. The second-order valence-corrected chi connectivity index (χ2v) is 5.31. The maximum Gasteiger partial charge on any atom is 0.451 e. The Hall–Kier alpha value is -1.15. The molecule has 0 radical (unpaired) electrons. The van der Waals surface area contributed by atoms with Gasteiger partial charge in [-0.05, 0) is 13.0 Å². The summed E-state index contributed by atoms with van der Waals surface area (Å²) in [6.07, 6.45) is -2.36. The molecule has 1 aromatic rings. The molecule has 0 aliphatic carbocycles. The molecule has 5 nitrogen and oxygen atoms in total. The zero-order chi connectivity index (χ0) is 15.5. The Labute approximate surface area is 122 Å². The molecule has 1 aromatic heterocycles. The third kappa shape index (κ3) is 3.74. The van der Waals surface area contributed by atoms with Crippen molar-refractivity contribution in [1.29, 1.82) is 0 Å². The van der Waals surface area contributed by atoms with Gasteiger partial charge in [0.25, 0.3) is 0 Å². The van der Waals surface area contributed by atoms with E-state index in [1.54, 1.807) is 0 Å². The van der Waals surface area contributed by atoms with Crippen LogP contribution >= 0.6 is 0 Å². The molecule has 1 aliphatic rings. The number of alkyl halides is 3. The smallest absolute Gasteiger partial charge is 0.315 e. The number of nitrogens with one attached hydrogen (secondary N) is 1. The third-order valence-electron chi connectivity index (χ3n) is 3.80. The molecule has 0 saturated heterocycles. The molecule has 0 fully saturated rings. The van der Waals surface area contributed by atoms with Crippen molar-refractivity contribution in [2.24, 2.45) is 0 Å². The second kappa shape index (κ2) is 6.74. The van der Waals surface area contributed by atoms with Crippen LogP contribution in [0, 0.1) is 0 Å². The van der Waals surface area contributed by atoms with Crippen molar-refractivity contribution in [2.75, 3.05) is 19.6 Å². The van der Waals surface area contributed by atoms with Gasteiger partial charge in [0, 0.05) is 25.7 Å². The highest BCUT2D eigenvalue weighted by atomic mass is 19.4. The van der Waals surface area contributed by atoms with Crippen LogP contribution in [0.4, 0.5) is 13.2 Å². The van der Waals surface area contributed by atoms with E-state index in [-0.39, 0.29) is 0 Å². The van der Waals surface area contributed by atoms with E-state index in [9.17, 15) is 13.2 Å². The molecule has 1 N–H and O–H groups in total. The first kappa shape index (κ1) is 16.2. The Bertz CT molecular complexity index is 457. The van der Waals surface area contributed by atoms with Crippen molar-refractivity contribution in [1.82, 2.24) is 25.0 Å². The molecule has 0 amide bonds. The van der Waals surface area contributed by atoms with Gasteiger partial charge in [0.2, 0.25) is 5.82 Å². The van der Waals surface area contributed by atoms with Gasteiger partial charge in [0.1, 0.15) is 5.82 Å². The van der Waals surface area contributed by atoms with Crippen LogP contribution in [0.25, 0.3) is 0 Å². The Balaban J connectivity index is 2.09. The average molecular weight is 305 g/mol. The fourth-order valence-corrected chi connectivity index (χ4v) is 2.76. The molecule has 120 valence electrons. The van der Waals surface area contributed by atoms with Gasteiger partial charge in [0.05, 0.1) is 6.54 Å². The van der Waals surface area contributed by atoms with Crippen LogP contribution in [0.2, 0.25) is 0 Å². The van der Waals surface area contributed by atoms with Crippen LogP contribution in [-0.2, 0) is 19.3 Å². The van der Waals surface area contributed by atoms with Crippen molar-refractivity contribution in [3.05, 3.63) is 11.6 Å². The van der Waals surface area contributed by atoms with Crippen LogP contribution in [-0.4, -0.2) is 45.3 Å².